The maximum absolute atomic E-state index is 9.59. The molecular weight excluding hydrogens is 376 g/mol. The molecular formula is C30H50O. The molecule has 4 aliphatic rings. The van der Waals surface area contributed by atoms with E-state index in [0.29, 0.717) is 28.6 Å². The van der Waals surface area contributed by atoms with Crippen molar-refractivity contribution in [1.29, 1.82) is 0 Å². The molecule has 0 radical (unpaired) electrons. The topological polar surface area (TPSA) is 20.2 Å². The van der Waals surface area contributed by atoms with Crippen LogP contribution in [0.2, 0.25) is 0 Å². The molecule has 0 heterocycles. The van der Waals surface area contributed by atoms with Gasteiger partial charge in [-0.25, -0.2) is 0 Å². The van der Waals surface area contributed by atoms with Crippen LogP contribution in [0, 0.1) is 58.2 Å². The van der Waals surface area contributed by atoms with Gasteiger partial charge in [0.15, 0.2) is 0 Å². The zero-order valence-electron chi connectivity index (χ0n) is 21.6. The van der Waals surface area contributed by atoms with E-state index in [-0.39, 0.29) is 6.61 Å². The Bertz CT molecular complexity index is 718. The molecule has 0 saturated heterocycles. The van der Waals surface area contributed by atoms with Gasteiger partial charge < -0.3 is 5.11 Å². The monoisotopic (exact) mass is 426 g/mol. The summed E-state index contributed by atoms with van der Waals surface area (Å²) < 4.78 is 0. The van der Waals surface area contributed by atoms with Gasteiger partial charge in [0.2, 0.25) is 0 Å². The van der Waals surface area contributed by atoms with Gasteiger partial charge in [0, 0.05) is 6.61 Å². The van der Waals surface area contributed by atoms with Gasteiger partial charge in [-0.3, -0.25) is 0 Å². The van der Waals surface area contributed by atoms with E-state index in [1.54, 1.807) is 0 Å². The summed E-state index contributed by atoms with van der Waals surface area (Å²) in [6, 6.07) is 0. The van der Waals surface area contributed by atoms with Crippen LogP contribution in [-0.4, -0.2) is 11.7 Å². The van der Waals surface area contributed by atoms with Crippen LogP contribution >= 0.6 is 0 Å². The van der Waals surface area contributed by atoms with Crippen molar-refractivity contribution in [3.8, 4) is 0 Å². The second-order valence-corrected chi connectivity index (χ2v) is 13.0. The molecule has 2 unspecified atom stereocenters. The highest BCUT2D eigenvalue weighted by molar-refractivity contribution is 5.28. The van der Waals surface area contributed by atoms with Crippen molar-refractivity contribution < 1.29 is 5.11 Å². The normalized spacial score (nSPS) is 45.7. The van der Waals surface area contributed by atoms with E-state index in [2.05, 4.69) is 60.6 Å². The molecule has 176 valence electrons. The third-order valence-electron chi connectivity index (χ3n) is 11.5. The van der Waals surface area contributed by atoms with E-state index in [4.69, 9.17) is 0 Å². The van der Waals surface area contributed by atoms with E-state index in [1.165, 1.54) is 56.9 Å². The predicted octanol–water partition coefficient (Wildman–Crippen LogP) is 8.05. The van der Waals surface area contributed by atoms with E-state index in [1.807, 2.05) is 5.57 Å². The zero-order valence-corrected chi connectivity index (χ0v) is 21.6. The highest BCUT2D eigenvalue weighted by Crippen LogP contribution is 2.67. The first-order valence-electron chi connectivity index (χ1n) is 13.6. The zero-order chi connectivity index (χ0) is 22.6. The quantitative estimate of drug-likeness (QED) is 0.441. The maximum Gasteiger partial charge on any atom is 0.0462 e. The Morgan fingerprint density at radius 2 is 1.77 bits per heavy atom. The first-order valence-corrected chi connectivity index (χ1v) is 13.6. The molecule has 0 aromatic heterocycles. The van der Waals surface area contributed by atoms with Crippen LogP contribution in [0.5, 0.6) is 0 Å². The Kier molecular flexibility index (Phi) is 6.59. The highest BCUT2D eigenvalue weighted by atomic mass is 16.3. The summed E-state index contributed by atoms with van der Waals surface area (Å²) in [7, 11) is 0. The average Bonchev–Trinajstić information content (AvgIpc) is 3.09. The van der Waals surface area contributed by atoms with Gasteiger partial charge in [-0.05, 0) is 104 Å². The smallest absolute Gasteiger partial charge is 0.0462 e. The lowest BCUT2D eigenvalue weighted by Crippen LogP contribution is -2.50. The van der Waals surface area contributed by atoms with E-state index in [0.717, 1.165) is 29.6 Å². The SMILES string of the molecule is CC(=C[C@@H](C)[C@H]1CC[C@H]2C3=CCC4[C@H](C)CCC[C@]4(C)[C@H]3CC[C@]12C)[C@H](C)C(C)CO. The van der Waals surface area contributed by atoms with E-state index >= 15 is 0 Å². The number of rotatable bonds is 5. The molecule has 10 atom stereocenters. The number of hydrogen-bond donors (Lipinski definition) is 1. The summed E-state index contributed by atoms with van der Waals surface area (Å²) >= 11 is 0. The van der Waals surface area contributed by atoms with Crippen molar-refractivity contribution in [1.82, 2.24) is 0 Å². The molecule has 31 heavy (non-hydrogen) atoms. The maximum atomic E-state index is 9.59. The van der Waals surface area contributed by atoms with Crippen molar-refractivity contribution in [3.63, 3.8) is 0 Å². The molecule has 1 N–H and O–H groups in total. The summed E-state index contributed by atoms with van der Waals surface area (Å²) in [6.45, 7) is 17.4. The molecule has 3 fully saturated rings. The molecule has 0 aromatic carbocycles. The van der Waals surface area contributed by atoms with Crippen LogP contribution in [0.15, 0.2) is 23.3 Å². The van der Waals surface area contributed by atoms with Crippen molar-refractivity contribution in [2.24, 2.45) is 58.2 Å². The number of aliphatic hydroxyl groups is 1. The Morgan fingerprint density at radius 1 is 1.06 bits per heavy atom. The number of aliphatic hydroxyl groups excluding tert-OH is 1. The first-order chi connectivity index (χ1) is 14.6. The molecule has 4 rings (SSSR count). The number of hydrogen-bond acceptors (Lipinski definition) is 1. The van der Waals surface area contributed by atoms with Crippen molar-refractivity contribution >= 4 is 0 Å². The minimum Gasteiger partial charge on any atom is -0.396 e. The van der Waals surface area contributed by atoms with Gasteiger partial charge >= 0.3 is 0 Å². The number of fused-ring (bicyclic) bond motifs is 5. The second-order valence-electron chi connectivity index (χ2n) is 13.0. The highest BCUT2D eigenvalue weighted by Gasteiger charge is 2.58. The molecule has 0 aromatic rings. The molecule has 4 aliphatic carbocycles. The lowest BCUT2D eigenvalue weighted by molar-refractivity contribution is -0.0266. The summed E-state index contributed by atoms with van der Waals surface area (Å²) in [5, 5.41) is 9.59. The molecule has 1 nitrogen and oxygen atoms in total. The third-order valence-corrected chi connectivity index (χ3v) is 11.5. The van der Waals surface area contributed by atoms with Crippen LogP contribution < -0.4 is 0 Å². The predicted molar refractivity (Wildman–Crippen MR) is 133 cm³/mol. The standard InChI is InChI=1S/C30H50O/c1-19-9-8-15-29(6)25(19)11-10-24-27-13-12-26(30(27,7)16-14-28(24)29)21(3)17-20(2)23(5)22(4)18-31/h10,17,19,21-23,25-28,31H,8-9,11-16,18H2,1-7H3/t19-,21-,22?,23+,25?,26-,27+,28+,29+,30-/m1/s1. The van der Waals surface area contributed by atoms with Crippen LogP contribution in [-0.2, 0) is 0 Å². The van der Waals surface area contributed by atoms with E-state index < -0.39 is 0 Å². The molecule has 1 heteroatoms. The van der Waals surface area contributed by atoms with Crippen molar-refractivity contribution in [2.75, 3.05) is 6.61 Å². The van der Waals surface area contributed by atoms with Gasteiger partial charge in [0.25, 0.3) is 0 Å². The van der Waals surface area contributed by atoms with Crippen LogP contribution in [0.3, 0.4) is 0 Å². The third kappa shape index (κ3) is 3.79. The summed E-state index contributed by atoms with van der Waals surface area (Å²) in [6.07, 6.45) is 16.8. The Labute approximate surface area is 193 Å². The summed E-state index contributed by atoms with van der Waals surface area (Å²) in [5.41, 5.74) is 4.44. The Balaban J connectivity index is 1.56. The lowest BCUT2D eigenvalue weighted by Gasteiger charge is -2.58. The minimum absolute atomic E-state index is 0.290. The number of allylic oxidation sites excluding steroid dienone is 4. The van der Waals surface area contributed by atoms with Gasteiger partial charge in [0.05, 0.1) is 0 Å². The molecule has 0 aliphatic heterocycles. The largest absolute Gasteiger partial charge is 0.396 e. The Hall–Kier alpha value is -0.560. The summed E-state index contributed by atoms with van der Waals surface area (Å²) in [5.74, 6) is 5.81. The van der Waals surface area contributed by atoms with Gasteiger partial charge in [0.1, 0.15) is 0 Å². The van der Waals surface area contributed by atoms with Gasteiger partial charge in [-0.1, -0.05) is 77.7 Å². The lowest BCUT2D eigenvalue weighted by atomic mass is 9.46. The van der Waals surface area contributed by atoms with Crippen LogP contribution in [0.1, 0.15) is 99.8 Å². The van der Waals surface area contributed by atoms with E-state index in [9.17, 15) is 5.11 Å². The minimum atomic E-state index is 0.290. The summed E-state index contributed by atoms with van der Waals surface area (Å²) in [4.78, 5) is 0. The molecule has 0 bridgehead atoms. The molecule has 0 amide bonds. The van der Waals surface area contributed by atoms with Crippen molar-refractivity contribution in [2.45, 2.75) is 99.8 Å². The fourth-order valence-electron chi connectivity index (χ4n) is 9.22. The van der Waals surface area contributed by atoms with Crippen molar-refractivity contribution in [3.05, 3.63) is 23.3 Å². The first kappa shape index (κ1) is 23.6. The molecule has 3 saturated carbocycles. The average molecular weight is 427 g/mol. The second kappa shape index (κ2) is 8.66. The van der Waals surface area contributed by atoms with Gasteiger partial charge in [-0.2, -0.15) is 0 Å². The van der Waals surface area contributed by atoms with Gasteiger partial charge in [-0.15, -0.1) is 0 Å². The van der Waals surface area contributed by atoms with Crippen LogP contribution in [0.4, 0.5) is 0 Å². The molecule has 0 spiro atoms. The fraction of sp³-hybridized carbons (Fsp3) is 0.867. The Morgan fingerprint density at radius 3 is 2.48 bits per heavy atom. The fourth-order valence-corrected chi connectivity index (χ4v) is 9.22. The van der Waals surface area contributed by atoms with Crippen LogP contribution in [0.25, 0.3) is 0 Å².